The highest BCUT2D eigenvalue weighted by molar-refractivity contribution is 7.91. The van der Waals surface area contributed by atoms with Crippen LogP contribution in [0.2, 0.25) is 0 Å². The molecule has 0 spiro atoms. The molecule has 0 aromatic carbocycles. The highest BCUT2D eigenvalue weighted by Crippen LogP contribution is 2.28. The molecule has 0 unspecified atom stereocenters. The van der Waals surface area contributed by atoms with Crippen molar-refractivity contribution in [2.24, 2.45) is 0 Å². The summed E-state index contributed by atoms with van der Waals surface area (Å²) in [5.74, 6) is -0.564. The van der Waals surface area contributed by atoms with Crippen molar-refractivity contribution in [1.29, 1.82) is 0 Å². The first-order chi connectivity index (χ1) is 7.27. The maximum atomic E-state index is 12.1. The van der Waals surface area contributed by atoms with E-state index in [1.165, 1.54) is 0 Å². The third-order valence-electron chi connectivity index (χ3n) is 1.74. The zero-order valence-electron chi connectivity index (χ0n) is 7.90. The first-order valence-corrected chi connectivity index (χ1v) is 5.79. The maximum absolute atomic E-state index is 12.1. The molecular formula is C8H8F3NO3S. The minimum atomic E-state index is -4.55. The second kappa shape index (κ2) is 4.38. The molecule has 1 N–H and O–H groups in total. The van der Waals surface area contributed by atoms with Crippen LogP contribution in [0.5, 0.6) is 0 Å². The van der Waals surface area contributed by atoms with Crippen molar-refractivity contribution in [3.63, 3.8) is 0 Å². The van der Waals surface area contributed by atoms with Gasteiger partial charge in [0, 0.05) is 6.20 Å². The second-order valence-electron chi connectivity index (χ2n) is 2.93. The van der Waals surface area contributed by atoms with Crippen LogP contribution in [0.4, 0.5) is 13.2 Å². The fraction of sp³-hybridized carbons (Fsp3) is 0.375. The number of aromatic nitrogens is 1. The van der Waals surface area contributed by atoms with Crippen LogP contribution in [0.25, 0.3) is 0 Å². The standard InChI is InChI=1S/C8H8F3NO3S/c9-8(10,11)6-1-2-7(12-5-6)16(14,15)4-3-13/h1-2,5,13H,3-4H2. The summed E-state index contributed by atoms with van der Waals surface area (Å²) in [6.45, 7) is -0.606. The normalized spacial score (nSPS) is 12.8. The number of hydrogen-bond donors (Lipinski definition) is 1. The van der Waals surface area contributed by atoms with E-state index >= 15 is 0 Å². The molecule has 1 aromatic heterocycles. The quantitative estimate of drug-likeness (QED) is 0.870. The Labute approximate surface area is 89.7 Å². The number of sulfone groups is 1. The lowest BCUT2D eigenvalue weighted by atomic mass is 10.3. The molecule has 1 aromatic rings. The highest BCUT2D eigenvalue weighted by atomic mass is 32.2. The molecule has 0 saturated heterocycles. The van der Waals surface area contributed by atoms with Crippen molar-refractivity contribution in [2.75, 3.05) is 12.4 Å². The number of pyridine rings is 1. The smallest absolute Gasteiger partial charge is 0.395 e. The summed E-state index contributed by atoms with van der Waals surface area (Å²) in [7, 11) is -3.80. The lowest BCUT2D eigenvalue weighted by Crippen LogP contribution is -2.13. The average molecular weight is 255 g/mol. The SMILES string of the molecule is O=S(=O)(CCO)c1ccc(C(F)(F)F)cn1. The number of aliphatic hydroxyl groups is 1. The molecule has 0 bridgehead atoms. The molecule has 0 aliphatic heterocycles. The fourth-order valence-corrected chi connectivity index (χ4v) is 1.89. The monoisotopic (exact) mass is 255 g/mol. The third kappa shape index (κ3) is 2.92. The number of hydrogen-bond acceptors (Lipinski definition) is 4. The van der Waals surface area contributed by atoms with E-state index in [0.717, 1.165) is 6.07 Å². The summed E-state index contributed by atoms with van der Waals surface area (Å²) < 4.78 is 59.0. The van der Waals surface area contributed by atoms with Gasteiger partial charge in [0.05, 0.1) is 17.9 Å². The van der Waals surface area contributed by atoms with Crippen LogP contribution in [0.3, 0.4) is 0 Å². The Balaban J connectivity index is 3.05. The number of nitrogens with zero attached hydrogens (tertiary/aromatic N) is 1. The van der Waals surface area contributed by atoms with E-state index in [4.69, 9.17) is 5.11 Å². The molecule has 0 aliphatic carbocycles. The van der Waals surface area contributed by atoms with Gasteiger partial charge in [-0.3, -0.25) is 0 Å². The van der Waals surface area contributed by atoms with Crippen molar-refractivity contribution in [3.05, 3.63) is 23.9 Å². The van der Waals surface area contributed by atoms with Crippen LogP contribution in [0.15, 0.2) is 23.4 Å². The van der Waals surface area contributed by atoms with Crippen LogP contribution in [0, 0.1) is 0 Å². The van der Waals surface area contributed by atoms with E-state index < -0.39 is 39.0 Å². The molecule has 0 fully saturated rings. The zero-order valence-corrected chi connectivity index (χ0v) is 8.72. The highest BCUT2D eigenvalue weighted by Gasteiger charge is 2.31. The molecule has 90 valence electrons. The van der Waals surface area contributed by atoms with Gasteiger partial charge >= 0.3 is 6.18 Å². The summed E-state index contributed by atoms with van der Waals surface area (Å²) in [6, 6.07) is 1.41. The van der Waals surface area contributed by atoms with E-state index in [9.17, 15) is 21.6 Å². The topological polar surface area (TPSA) is 67.3 Å². The van der Waals surface area contributed by atoms with Gasteiger partial charge in [-0.2, -0.15) is 13.2 Å². The number of aliphatic hydroxyl groups excluding tert-OH is 1. The van der Waals surface area contributed by atoms with Gasteiger partial charge in [0.15, 0.2) is 14.9 Å². The molecule has 0 aliphatic rings. The Kier molecular flexibility index (Phi) is 3.54. The van der Waals surface area contributed by atoms with Crippen molar-refractivity contribution >= 4 is 9.84 Å². The number of rotatable bonds is 3. The predicted molar refractivity (Wildman–Crippen MR) is 48.4 cm³/mol. The second-order valence-corrected chi connectivity index (χ2v) is 4.98. The van der Waals surface area contributed by atoms with Gasteiger partial charge in [0.25, 0.3) is 0 Å². The van der Waals surface area contributed by atoms with Crippen LogP contribution < -0.4 is 0 Å². The average Bonchev–Trinajstić information content (AvgIpc) is 2.16. The molecule has 0 saturated carbocycles. The molecular weight excluding hydrogens is 247 g/mol. The number of halogens is 3. The lowest BCUT2D eigenvalue weighted by Gasteiger charge is -2.06. The lowest BCUT2D eigenvalue weighted by molar-refractivity contribution is -0.137. The maximum Gasteiger partial charge on any atom is 0.417 e. The third-order valence-corrected chi connectivity index (χ3v) is 3.34. The predicted octanol–water partition coefficient (Wildman–Crippen LogP) is 0.866. The van der Waals surface area contributed by atoms with E-state index in [-0.39, 0.29) is 0 Å². The molecule has 0 radical (unpaired) electrons. The molecule has 16 heavy (non-hydrogen) atoms. The Morgan fingerprint density at radius 1 is 1.31 bits per heavy atom. The first kappa shape index (κ1) is 12.9. The summed E-state index contributed by atoms with van der Waals surface area (Å²) in [5.41, 5.74) is -1.02. The van der Waals surface area contributed by atoms with Gasteiger partial charge in [0.2, 0.25) is 0 Å². The largest absolute Gasteiger partial charge is 0.417 e. The minimum absolute atomic E-state index is 0.449. The van der Waals surface area contributed by atoms with E-state index in [2.05, 4.69) is 4.98 Å². The van der Waals surface area contributed by atoms with E-state index in [0.29, 0.717) is 12.3 Å². The van der Waals surface area contributed by atoms with Gasteiger partial charge in [-0.25, -0.2) is 13.4 Å². The van der Waals surface area contributed by atoms with Gasteiger partial charge in [-0.05, 0) is 12.1 Å². The van der Waals surface area contributed by atoms with Gasteiger partial charge < -0.3 is 5.11 Å². The molecule has 1 heterocycles. The van der Waals surface area contributed by atoms with Gasteiger partial charge in [0.1, 0.15) is 0 Å². The van der Waals surface area contributed by atoms with Crippen LogP contribution >= 0.6 is 0 Å². The summed E-state index contributed by atoms with van der Waals surface area (Å²) in [4.78, 5) is 3.22. The Hall–Kier alpha value is -1.15. The van der Waals surface area contributed by atoms with Gasteiger partial charge in [-0.15, -0.1) is 0 Å². The Bertz CT molecular complexity index is 452. The Morgan fingerprint density at radius 3 is 2.31 bits per heavy atom. The summed E-state index contributed by atoms with van der Waals surface area (Å²) in [6.07, 6.45) is -4.10. The van der Waals surface area contributed by atoms with E-state index in [1.807, 2.05) is 0 Å². The first-order valence-electron chi connectivity index (χ1n) is 4.14. The van der Waals surface area contributed by atoms with Gasteiger partial charge in [-0.1, -0.05) is 0 Å². The molecule has 8 heteroatoms. The molecule has 1 rings (SSSR count). The zero-order chi connectivity index (χ0) is 12.4. The molecule has 0 amide bonds. The fourth-order valence-electron chi connectivity index (χ4n) is 0.957. The van der Waals surface area contributed by atoms with Crippen molar-refractivity contribution < 1.29 is 26.7 Å². The molecule has 4 nitrogen and oxygen atoms in total. The van der Waals surface area contributed by atoms with Crippen LogP contribution in [-0.2, 0) is 16.0 Å². The van der Waals surface area contributed by atoms with Crippen molar-refractivity contribution in [2.45, 2.75) is 11.2 Å². The van der Waals surface area contributed by atoms with E-state index in [1.54, 1.807) is 0 Å². The van der Waals surface area contributed by atoms with Crippen molar-refractivity contribution in [3.8, 4) is 0 Å². The molecule has 0 atom stereocenters. The Morgan fingerprint density at radius 2 is 1.94 bits per heavy atom. The minimum Gasteiger partial charge on any atom is -0.395 e. The summed E-state index contributed by atoms with van der Waals surface area (Å²) in [5, 5.41) is 7.98. The van der Waals surface area contributed by atoms with Crippen molar-refractivity contribution in [1.82, 2.24) is 4.98 Å². The van der Waals surface area contributed by atoms with Crippen LogP contribution in [0.1, 0.15) is 5.56 Å². The summed E-state index contributed by atoms with van der Waals surface area (Å²) >= 11 is 0. The number of alkyl halides is 3. The van der Waals surface area contributed by atoms with Crippen LogP contribution in [-0.4, -0.2) is 30.9 Å².